The molecule has 5 nitrogen and oxygen atoms in total. The molecule has 1 heterocycles. The van der Waals surface area contributed by atoms with Crippen molar-refractivity contribution < 1.29 is 0 Å². The molecule has 2 atom stereocenters. The normalized spacial score (nSPS) is 25.8. The Balaban J connectivity index is 1.98. The standard InChI is InChI=1S/C15H29N5/c1-5-8-16-11-12-6-7-15(2,3)10-13(12)9-14-17-19-20(4)18-14/h12-13,16H,5-11H2,1-4H3. The van der Waals surface area contributed by atoms with Gasteiger partial charge in [-0.25, -0.2) is 0 Å². The van der Waals surface area contributed by atoms with Crippen LogP contribution in [0.25, 0.3) is 0 Å². The fraction of sp³-hybridized carbons (Fsp3) is 0.933. The Morgan fingerprint density at radius 1 is 1.35 bits per heavy atom. The molecule has 1 aromatic heterocycles. The summed E-state index contributed by atoms with van der Waals surface area (Å²) in [6, 6.07) is 0. The van der Waals surface area contributed by atoms with Crippen molar-refractivity contribution in [2.24, 2.45) is 24.3 Å². The topological polar surface area (TPSA) is 55.6 Å². The van der Waals surface area contributed by atoms with Crippen molar-refractivity contribution in [3.8, 4) is 0 Å². The number of rotatable bonds is 6. The number of nitrogens with zero attached hydrogens (tertiary/aromatic N) is 4. The zero-order valence-corrected chi connectivity index (χ0v) is 13.4. The van der Waals surface area contributed by atoms with Gasteiger partial charge in [0.05, 0.1) is 7.05 Å². The molecular formula is C15H29N5. The van der Waals surface area contributed by atoms with Crippen molar-refractivity contribution in [2.75, 3.05) is 13.1 Å². The summed E-state index contributed by atoms with van der Waals surface area (Å²) in [5.41, 5.74) is 0.453. The van der Waals surface area contributed by atoms with Gasteiger partial charge < -0.3 is 5.32 Å². The van der Waals surface area contributed by atoms with E-state index in [0.717, 1.165) is 31.3 Å². The third-order valence-corrected chi connectivity index (χ3v) is 4.50. The van der Waals surface area contributed by atoms with Gasteiger partial charge in [-0.15, -0.1) is 10.2 Å². The van der Waals surface area contributed by atoms with Gasteiger partial charge in [0.25, 0.3) is 0 Å². The third-order valence-electron chi connectivity index (χ3n) is 4.50. The minimum Gasteiger partial charge on any atom is -0.316 e. The van der Waals surface area contributed by atoms with Gasteiger partial charge in [0, 0.05) is 6.42 Å². The summed E-state index contributed by atoms with van der Waals surface area (Å²) >= 11 is 0. The van der Waals surface area contributed by atoms with E-state index in [-0.39, 0.29) is 0 Å². The predicted molar refractivity (Wildman–Crippen MR) is 80.3 cm³/mol. The van der Waals surface area contributed by atoms with Crippen LogP contribution >= 0.6 is 0 Å². The van der Waals surface area contributed by atoms with E-state index in [9.17, 15) is 0 Å². The molecule has 2 rings (SSSR count). The van der Waals surface area contributed by atoms with E-state index in [4.69, 9.17) is 0 Å². The van der Waals surface area contributed by atoms with E-state index >= 15 is 0 Å². The molecule has 114 valence electrons. The van der Waals surface area contributed by atoms with Gasteiger partial charge in [0.1, 0.15) is 0 Å². The zero-order chi connectivity index (χ0) is 14.6. The smallest absolute Gasteiger partial charge is 0.175 e. The minimum atomic E-state index is 0.453. The van der Waals surface area contributed by atoms with E-state index in [1.54, 1.807) is 4.80 Å². The minimum absolute atomic E-state index is 0.453. The molecule has 1 aromatic rings. The van der Waals surface area contributed by atoms with Crippen LogP contribution in [0.15, 0.2) is 0 Å². The molecule has 0 spiro atoms. The van der Waals surface area contributed by atoms with Crippen LogP contribution in [0.1, 0.15) is 52.3 Å². The quantitative estimate of drug-likeness (QED) is 0.811. The van der Waals surface area contributed by atoms with Crippen molar-refractivity contribution in [2.45, 2.75) is 52.9 Å². The zero-order valence-electron chi connectivity index (χ0n) is 13.4. The molecule has 5 heteroatoms. The first kappa shape index (κ1) is 15.4. The van der Waals surface area contributed by atoms with Crippen molar-refractivity contribution >= 4 is 0 Å². The van der Waals surface area contributed by atoms with Crippen LogP contribution < -0.4 is 5.32 Å². The summed E-state index contributed by atoms with van der Waals surface area (Å²) in [6.07, 6.45) is 6.08. The van der Waals surface area contributed by atoms with Crippen LogP contribution in [-0.2, 0) is 13.5 Å². The van der Waals surface area contributed by atoms with E-state index in [1.807, 2.05) is 7.05 Å². The highest BCUT2D eigenvalue weighted by Gasteiger charge is 2.35. The first-order chi connectivity index (χ1) is 9.50. The molecule has 0 aromatic carbocycles. The number of nitrogens with one attached hydrogen (secondary N) is 1. The first-order valence-electron chi connectivity index (χ1n) is 7.94. The molecule has 1 fully saturated rings. The second-order valence-corrected chi connectivity index (χ2v) is 7.03. The second-order valence-electron chi connectivity index (χ2n) is 7.03. The summed E-state index contributed by atoms with van der Waals surface area (Å²) in [6.45, 7) is 9.25. The van der Waals surface area contributed by atoms with Crippen molar-refractivity contribution in [3.63, 3.8) is 0 Å². The molecule has 1 saturated carbocycles. The summed E-state index contributed by atoms with van der Waals surface area (Å²) in [5.74, 6) is 2.32. The summed E-state index contributed by atoms with van der Waals surface area (Å²) in [7, 11) is 1.83. The highest BCUT2D eigenvalue weighted by molar-refractivity contribution is 4.91. The Morgan fingerprint density at radius 3 is 2.80 bits per heavy atom. The highest BCUT2D eigenvalue weighted by atomic mass is 15.6. The van der Waals surface area contributed by atoms with Gasteiger partial charge in [0.2, 0.25) is 0 Å². The number of aryl methyl sites for hydroxylation is 1. The maximum Gasteiger partial charge on any atom is 0.175 e. The van der Waals surface area contributed by atoms with E-state index in [1.165, 1.54) is 25.7 Å². The lowest BCUT2D eigenvalue weighted by molar-refractivity contribution is 0.114. The summed E-state index contributed by atoms with van der Waals surface area (Å²) in [5, 5.41) is 16.1. The number of aromatic nitrogens is 4. The molecule has 1 aliphatic rings. The van der Waals surface area contributed by atoms with Crippen molar-refractivity contribution in [3.05, 3.63) is 5.82 Å². The second kappa shape index (κ2) is 6.66. The Bertz CT molecular complexity index is 412. The van der Waals surface area contributed by atoms with Crippen LogP contribution in [0.2, 0.25) is 0 Å². The fourth-order valence-corrected chi connectivity index (χ4v) is 3.40. The molecule has 20 heavy (non-hydrogen) atoms. The molecule has 0 saturated heterocycles. The average molecular weight is 279 g/mol. The summed E-state index contributed by atoms with van der Waals surface area (Å²) in [4.78, 5) is 1.56. The van der Waals surface area contributed by atoms with Gasteiger partial charge in [-0.2, -0.15) is 4.80 Å². The van der Waals surface area contributed by atoms with Crippen LogP contribution in [0.3, 0.4) is 0 Å². The fourth-order valence-electron chi connectivity index (χ4n) is 3.40. The van der Waals surface area contributed by atoms with Gasteiger partial charge >= 0.3 is 0 Å². The van der Waals surface area contributed by atoms with Crippen LogP contribution in [-0.4, -0.2) is 33.3 Å². The maximum atomic E-state index is 4.36. The Kier molecular flexibility index (Phi) is 5.13. The van der Waals surface area contributed by atoms with Crippen LogP contribution in [0.4, 0.5) is 0 Å². The number of hydrogen-bond donors (Lipinski definition) is 1. The summed E-state index contributed by atoms with van der Waals surface area (Å²) < 4.78 is 0. The lowest BCUT2D eigenvalue weighted by Crippen LogP contribution is -2.37. The lowest BCUT2D eigenvalue weighted by Gasteiger charge is -2.40. The first-order valence-corrected chi connectivity index (χ1v) is 7.94. The van der Waals surface area contributed by atoms with Crippen molar-refractivity contribution in [1.82, 2.24) is 25.5 Å². The molecule has 2 unspecified atom stereocenters. The van der Waals surface area contributed by atoms with Gasteiger partial charge in [-0.05, 0) is 61.2 Å². The molecule has 1 N–H and O–H groups in total. The molecule has 1 aliphatic carbocycles. The molecule has 0 bridgehead atoms. The number of hydrogen-bond acceptors (Lipinski definition) is 4. The van der Waals surface area contributed by atoms with Gasteiger partial charge in [0.15, 0.2) is 5.82 Å². The van der Waals surface area contributed by atoms with E-state index in [2.05, 4.69) is 41.5 Å². The van der Waals surface area contributed by atoms with Crippen LogP contribution in [0, 0.1) is 17.3 Å². The Labute approximate surface area is 122 Å². The van der Waals surface area contributed by atoms with Crippen LogP contribution in [0.5, 0.6) is 0 Å². The average Bonchev–Trinajstić information content (AvgIpc) is 2.77. The highest BCUT2D eigenvalue weighted by Crippen LogP contribution is 2.42. The number of tetrazole rings is 1. The van der Waals surface area contributed by atoms with E-state index in [0.29, 0.717) is 11.3 Å². The lowest BCUT2D eigenvalue weighted by atomic mass is 9.66. The monoisotopic (exact) mass is 279 g/mol. The SMILES string of the molecule is CCCNCC1CCC(C)(C)CC1Cc1nnn(C)n1. The van der Waals surface area contributed by atoms with Gasteiger partial charge in [-0.1, -0.05) is 20.8 Å². The predicted octanol–water partition coefficient (Wildman–Crippen LogP) is 2.19. The molecular weight excluding hydrogens is 250 g/mol. The van der Waals surface area contributed by atoms with Gasteiger partial charge in [-0.3, -0.25) is 0 Å². The third kappa shape index (κ3) is 4.27. The molecule has 0 aliphatic heterocycles. The van der Waals surface area contributed by atoms with Crippen molar-refractivity contribution in [1.29, 1.82) is 0 Å². The largest absolute Gasteiger partial charge is 0.316 e. The Morgan fingerprint density at radius 2 is 2.15 bits per heavy atom. The van der Waals surface area contributed by atoms with E-state index < -0.39 is 0 Å². The molecule has 0 amide bonds. The maximum absolute atomic E-state index is 4.36. The molecule has 0 radical (unpaired) electrons. The Hall–Kier alpha value is -0.970.